The van der Waals surface area contributed by atoms with E-state index in [0.29, 0.717) is 36.4 Å². The van der Waals surface area contributed by atoms with Crippen molar-refractivity contribution in [3.05, 3.63) is 34.2 Å². The van der Waals surface area contributed by atoms with Crippen molar-refractivity contribution in [3.63, 3.8) is 0 Å². The molecule has 1 aliphatic carbocycles. The van der Waals surface area contributed by atoms with Crippen molar-refractivity contribution >= 4 is 43.5 Å². The van der Waals surface area contributed by atoms with Gasteiger partial charge in [0.25, 0.3) is 10.2 Å². The van der Waals surface area contributed by atoms with Crippen LogP contribution in [0.3, 0.4) is 0 Å². The lowest BCUT2D eigenvalue weighted by atomic mass is 9.80. The number of halogens is 2. The van der Waals surface area contributed by atoms with Crippen molar-refractivity contribution in [1.82, 2.24) is 15.0 Å². The van der Waals surface area contributed by atoms with Crippen LogP contribution in [0.15, 0.2) is 32.3 Å². The van der Waals surface area contributed by atoms with Gasteiger partial charge in [0.05, 0.1) is 10.2 Å². The van der Waals surface area contributed by atoms with Crippen LogP contribution in [-0.2, 0) is 10.2 Å². The van der Waals surface area contributed by atoms with Gasteiger partial charge in [-0.25, -0.2) is 23.9 Å². The summed E-state index contributed by atoms with van der Waals surface area (Å²) < 4.78 is 42.8. The van der Waals surface area contributed by atoms with Crippen molar-refractivity contribution in [2.24, 2.45) is 27.7 Å². The molecule has 2 aromatic rings. The van der Waals surface area contributed by atoms with Gasteiger partial charge >= 0.3 is 0 Å². The number of nitrogens with two attached hydrogens (primary N) is 2. The third-order valence-electron chi connectivity index (χ3n) is 5.19. The summed E-state index contributed by atoms with van der Waals surface area (Å²) in [5.41, 5.74) is 6.80. The first-order valence-corrected chi connectivity index (χ1v) is 12.2. The van der Waals surface area contributed by atoms with Gasteiger partial charge in [0.2, 0.25) is 5.82 Å². The molecule has 0 saturated heterocycles. The Morgan fingerprint density at radius 1 is 1.32 bits per heavy atom. The van der Waals surface area contributed by atoms with E-state index in [4.69, 9.17) is 15.5 Å². The quantitative estimate of drug-likeness (QED) is 0.293. The fourth-order valence-electron chi connectivity index (χ4n) is 3.72. The monoisotopic (exact) mass is 517 g/mol. The maximum Gasteiger partial charge on any atom is 0.274 e. The van der Waals surface area contributed by atoms with Crippen LogP contribution in [0.5, 0.6) is 0 Å². The summed E-state index contributed by atoms with van der Waals surface area (Å²) in [6.45, 7) is 0.989. The zero-order chi connectivity index (χ0) is 22.4. The summed E-state index contributed by atoms with van der Waals surface area (Å²) in [5.74, 6) is 0.907. The molecule has 1 aliphatic rings. The number of hydrogen-bond acceptors (Lipinski definition) is 7. The van der Waals surface area contributed by atoms with Crippen LogP contribution in [0, 0.1) is 17.7 Å². The second-order valence-electron chi connectivity index (χ2n) is 7.56. The van der Waals surface area contributed by atoms with Crippen LogP contribution in [0.25, 0.3) is 0 Å². The normalized spacial score (nSPS) is 20.0. The van der Waals surface area contributed by atoms with Gasteiger partial charge in [0, 0.05) is 13.1 Å². The third kappa shape index (κ3) is 7.23. The summed E-state index contributed by atoms with van der Waals surface area (Å²) in [6.07, 6.45) is 4.90. The van der Waals surface area contributed by atoms with E-state index in [1.807, 2.05) is 0 Å². The van der Waals surface area contributed by atoms with Gasteiger partial charge in [-0.2, -0.15) is 8.42 Å². The molecule has 1 heterocycles. The SMILES string of the molecule is NC(=Nc1ccc(F)c(Br)c1)c1nonc1NCC1CCCC(CCNS(N)(=O)=O)C1. The minimum atomic E-state index is -3.65. The van der Waals surface area contributed by atoms with Crippen LogP contribution >= 0.6 is 15.9 Å². The maximum absolute atomic E-state index is 13.4. The lowest BCUT2D eigenvalue weighted by Crippen LogP contribution is -2.33. The number of amidine groups is 1. The third-order valence-corrected chi connectivity index (χ3v) is 6.40. The van der Waals surface area contributed by atoms with E-state index in [2.05, 4.69) is 41.3 Å². The Bertz CT molecular complexity index is 1030. The van der Waals surface area contributed by atoms with E-state index in [0.717, 1.165) is 32.1 Å². The Hall–Kier alpha value is -2.09. The van der Waals surface area contributed by atoms with E-state index in [-0.39, 0.29) is 16.0 Å². The molecule has 1 aromatic heterocycles. The number of nitrogens with zero attached hydrogens (tertiary/aromatic N) is 3. The molecule has 1 saturated carbocycles. The van der Waals surface area contributed by atoms with Gasteiger partial charge in [-0.15, -0.1) is 0 Å². The molecular formula is C18H25BrFN7O3S. The fraction of sp³-hybridized carbons (Fsp3) is 0.500. The Balaban J connectivity index is 1.56. The number of aliphatic imine (C=N–C) groups is 1. The number of anilines is 1. The zero-order valence-corrected chi connectivity index (χ0v) is 19.1. The smallest absolute Gasteiger partial charge is 0.274 e. The topological polar surface area (TPSA) is 162 Å². The van der Waals surface area contributed by atoms with E-state index < -0.39 is 16.0 Å². The Morgan fingerprint density at radius 2 is 2.10 bits per heavy atom. The molecule has 6 N–H and O–H groups in total. The highest BCUT2D eigenvalue weighted by molar-refractivity contribution is 9.10. The van der Waals surface area contributed by atoms with Crippen molar-refractivity contribution in [3.8, 4) is 0 Å². The Morgan fingerprint density at radius 3 is 2.84 bits per heavy atom. The summed E-state index contributed by atoms with van der Waals surface area (Å²) in [6, 6.07) is 4.30. The Labute approximate surface area is 188 Å². The molecule has 3 rings (SSSR count). The zero-order valence-electron chi connectivity index (χ0n) is 16.7. The molecule has 1 fully saturated rings. The number of hydrogen-bond donors (Lipinski definition) is 4. The lowest BCUT2D eigenvalue weighted by molar-refractivity contribution is 0.264. The molecule has 10 nitrogen and oxygen atoms in total. The lowest BCUT2D eigenvalue weighted by Gasteiger charge is -2.29. The number of nitrogens with one attached hydrogen (secondary N) is 2. The number of aromatic nitrogens is 2. The molecule has 13 heteroatoms. The van der Waals surface area contributed by atoms with E-state index in [1.165, 1.54) is 18.2 Å². The van der Waals surface area contributed by atoms with Gasteiger partial charge in [0.15, 0.2) is 11.5 Å². The number of benzene rings is 1. The maximum atomic E-state index is 13.4. The molecule has 2 unspecified atom stereocenters. The summed E-state index contributed by atoms with van der Waals surface area (Å²) >= 11 is 3.11. The molecule has 31 heavy (non-hydrogen) atoms. The first kappa shape index (κ1) is 23.6. The fourth-order valence-corrected chi connectivity index (χ4v) is 4.48. The molecule has 0 spiro atoms. The first-order valence-electron chi connectivity index (χ1n) is 9.84. The van der Waals surface area contributed by atoms with Gasteiger partial charge in [-0.05, 0) is 75.5 Å². The minimum absolute atomic E-state index is 0.0952. The minimum Gasteiger partial charge on any atom is -0.382 e. The highest BCUT2D eigenvalue weighted by atomic mass is 79.9. The largest absolute Gasteiger partial charge is 0.382 e. The van der Waals surface area contributed by atoms with Crippen LogP contribution < -0.4 is 20.9 Å². The van der Waals surface area contributed by atoms with Gasteiger partial charge < -0.3 is 11.1 Å². The number of rotatable bonds is 9. The Kier molecular flexibility index (Phi) is 7.97. The van der Waals surface area contributed by atoms with Crippen molar-refractivity contribution in [2.75, 3.05) is 18.4 Å². The first-order chi connectivity index (χ1) is 14.7. The predicted molar refractivity (Wildman–Crippen MR) is 118 cm³/mol. The average Bonchev–Trinajstić information content (AvgIpc) is 3.17. The summed E-state index contributed by atoms with van der Waals surface area (Å²) in [5, 5.41) is 15.9. The van der Waals surface area contributed by atoms with Crippen molar-refractivity contribution < 1.29 is 17.4 Å². The molecule has 0 bridgehead atoms. The van der Waals surface area contributed by atoms with Crippen LogP contribution in [-0.4, -0.2) is 37.7 Å². The molecule has 0 radical (unpaired) electrons. The van der Waals surface area contributed by atoms with Crippen molar-refractivity contribution in [1.29, 1.82) is 0 Å². The van der Waals surface area contributed by atoms with Crippen molar-refractivity contribution in [2.45, 2.75) is 32.1 Å². The van der Waals surface area contributed by atoms with Gasteiger partial charge in [-0.1, -0.05) is 12.8 Å². The molecule has 2 atom stereocenters. The van der Waals surface area contributed by atoms with Crippen LogP contribution in [0.4, 0.5) is 15.9 Å². The van der Waals surface area contributed by atoms with Gasteiger partial charge in [0.1, 0.15) is 5.82 Å². The highest BCUT2D eigenvalue weighted by Gasteiger charge is 2.23. The van der Waals surface area contributed by atoms with E-state index in [9.17, 15) is 12.8 Å². The second-order valence-corrected chi connectivity index (χ2v) is 9.80. The van der Waals surface area contributed by atoms with Gasteiger partial charge in [-0.3, -0.25) is 0 Å². The highest BCUT2D eigenvalue weighted by Crippen LogP contribution is 2.31. The van der Waals surface area contributed by atoms with Crippen LogP contribution in [0.1, 0.15) is 37.8 Å². The molecule has 0 amide bonds. The molecule has 1 aromatic carbocycles. The summed E-state index contributed by atoms with van der Waals surface area (Å²) in [4.78, 5) is 4.25. The predicted octanol–water partition coefficient (Wildman–Crippen LogP) is 2.41. The summed E-state index contributed by atoms with van der Waals surface area (Å²) in [7, 11) is -3.65. The second kappa shape index (κ2) is 10.5. The molecule has 170 valence electrons. The van der Waals surface area contributed by atoms with E-state index >= 15 is 0 Å². The van der Waals surface area contributed by atoms with Crippen LogP contribution in [0.2, 0.25) is 0 Å². The molecular weight excluding hydrogens is 493 g/mol. The molecule has 0 aliphatic heterocycles. The van der Waals surface area contributed by atoms with E-state index in [1.54, 1.807) is 0 Å². The average molecular weight is 518 g/mol. The standard InChI is InChI=1S/C18H25BrFN7O3S/c19-14-9-13(4-5-15(14)20)25-17(21)16-18(27-30-26-16)23-10-12-3-1-2-11(8-12)6-7-24-31(22,28)29/h4-5,9,11-12,24H,1-3,6-8,10H2,(H2,21,25)(H,23,27)(H2,22,28,29).